The molecule has 0 aliphatic heterocycles. The molecule has 0 saturated carbocycles. The fourth-order valence-corrected chi connectivity index (χ4v) is 3.18. The number of carbonyl (C=O) groups excluding carboxylic acids is 1. The minimum absolute atomic E-state index is 0.0110. The molecule has 0 atom stereocenters. The highest BCUT2D eigenvalue weighted by Crippen LogP contribution is 2.34. The number of nitrogen functional groups attached to an aromatic ring is 1. The number of nitrogens with one attached hydrogen (secondary N) is 1. The van der Waals surface area contributed by atoms with Crippen LogP contribution in [-0.4, -0.2) is 45.2 Å². The summed E-state index contributed by atoms with van der Waals surface area (Å²) in [5.74, 6) is 1.54. The highest BCUT2D eigenvalue weighted by atomic mass is 32.2. The van der Waals surface area contributed by atoms with Crippen molar-refractivity contribution < 1.29 is 14.1 Å². The van der Waals surface area contributed by atoms with Crippen LogP contribution >= 0.6 is 11.8 Å². The number of nitrogens with zero attached hydrogens (tertiary/aromatic N) is 4. The second kappa shape index (κ2) is 8.34. The van der Waals surface area contributed by atoms with Crippen LogP contribution in [0.15, 0.2) is 33.8 Å². The van der Waals surface area contributed by atoms with E-state index >= 15 is 0 Å². The Bertz CT molecular complexity index is 964. The van der Waals surface area contributed by atoms with Crippen LogP contribution in [0.25, 0.3) is 22.8 Å². The number of aromatic nitrogens is 4. The van der Waals surface area contributed by atoms with E-state index in [2.05, 4.69) is 20.6 Å². The maximum Gasteiger partial charge on any atom is 0.264 e. The molecule has 0 aliphatic carbocycles. The molecule has 0 saturated heterocycles. The van der Waals surface area contributed by atoms with Gasteiger partial charge in [-0.3, -0.25) is 4.79 Å². The van der Waals surface area contributed by atoms with Crippen LogP contribution in [0.4, 0.5) is 5.82 Å². The summed E-state index contributed by atoms with van der Waals surface area (Å²) in [5.41, 5.74) is 7.55. The molecule has 0 bridgehead atoms. The van der Waals surface area contributed by atoms with Crippen LogP contribution in [0.1, 0.15) is 13.8 Å². The van der Waals surface area contributed by atoms with Crippen molar-refractivity contribution in [3.8, 4) is 28.6 Å². The van der Waals surface area contributed by atoms with Crippen LogP contribution < -0.4 is 15.8 Å². The van der Waals surface area contributed by atoms with E-state index in [0.29, 0.717) is 22.2 Å². The molecule has 0 spiro atoms. The average Bonchev–Trinajstić information content (AvgIpc) is 3.26. The van der Waals surface area contributed by atoms with Crippen molar-refractivity contribution in [2.45, 2.75) is 31.5 Å². The van der Waals surface area contributed by atoms with E-state index in [4.69, 9.17) is 15.0 Å². The number of carbonyl (C=O) groups is 1. The fourth-order valence-electron chi connectivity index (χ4n) is 2.60. The Morgan fingerprint density at radius 1 is 1.36 bits per heavy atom. The number of hydrogen-bond donors (Lipinski definition) is 2. The van der Waals surface area contributed by atoms with E-state index in [-0.39, 0.29) is 24.4 Å². The predicted octanol–water partition coefficient (Wildman–Crippen LogP) is 2.44. The van der Waals surface area contributed by atoms with Gasteiger partial charge in [0.1, 0.15) is 28.7 Å². The summed E-state index contributed by atoms with van der Waals surface area (Å²) in [6.07, 6.45) is 1.87. The molecule has 3 rings (SSSR count). The first-order chi connectivity index (χ1) is 13.4. The minimum atomic E-state index is -0.173. The zero-order valence-corrected chi connectivity index (χ0v) is 16.9. The Morgan fingerprint density at radius 3 is 2.68 bits per heavy atom. The zero-order chi connectivity index (χ0) is 20.3. The van der Waals surface area contributed by atoms with Crippen LogP contribution in [-0.2, 0) is 11.3 Å². The molecular formula is C18H22N6O3S. The van der Waals surface area contributed by atoms with Crippen molar-refractivity contribution in [1.82, 2.24) is 25.2 Å². The molecule has 2 aromatic heterocycles. The number of thioether (sulfide) groups is 1. The summed E-state index contributed by atoms with van der Waals surface area (Å²) in [5, 5.41) is 11.9. The van der Waals surface area contributed by atoms with Gasteiger partial charge in [-0.1, -0.05) is 5.16 Å². The quantitative estimate of drug-likeness (QED) is 0.578. The molecule has 10 heteroatoms. The Hall–Kier alpha value is -3.01. The third-order valence-electron chi connectivity index (χ3n) is 3.88. The lowest BCUT2D eigenvalue weighted by Gasteiger charge is -2.08. The van der Waals surface area contributed by atoms with Crippen LogP contribution in [0.2, 0.25) is 0 Å². The molecule has 9 nitrogen and oxygen atoms in total. The van der Waals surface area contributed by atoms with Gasteiger partial charge in [0, 0.05) is 11.6 Å². The van der Waals surface area contributed by atoms with Gasteiger partial charge in [0.25, 0.3) is 5.89 Å². The summed E-state index contributed by atoms with van der Waals surface area (Å²) < 4.78 is 12.0. The molecule has 1 aromatic carbocycles. The molecule has 0 aliphatic rings. The van der Waals surface area contributed by atoms with Crippen molar-refractivity contribution >= 4 is 23.5 Å². The first kappa shape index (κ1) is 19.7. The van der Waals surface area contributed by atoms with Crippen LogP contribution in [0, 0.1) is 0 Å². The lowest BCUT2D eigenvalue weighted by molar-refractivity contribution is -0.122. The second-order valence-corrected chi connectivity index (χ2v) is 7.10. The summed E-state index contributed by atoms with van der Waals surface area (Å²) in [4.78, 5) is 16.5. The van der Waals surface area contributed by atoms with E-state index in [1.165, 1.54) is 16.4 Å². The highest BCUT2D eigenvalue weighted by molar-refractivity contribution is 7.98. The maximum atomic E-state index is 12.1. The summed E-state index contributed by atoms with van der Waals surface area (Å²) >= 11 is 1.39. The number of rotatable bonds is 7. The molecule has 1 amide bonds. The number of ether oxygens (including phenoxy) is 1. The van der Waals surface area contributed by atoms with Crippen molar-refractivity contribution in [2.24, 2.45) is 0 Å². The smallest absolute Gasteiger partial charge is 0.264 e. The van der Waals surface area contributed by atoms with Gasteiger partial charge >= 0.3 is 0 Å². The molecule has 28 heavy (non-hydrogen) atoms. The van der Waals surface area contributed by atoms with Gasteiger partial charge in [0.2, 0.25) is 11.7 Å². The van der Waals surface area contributed by atoms with E-state index in [1.807, 2.05) is 44.4 Å². The van der Waals surface area contributed by atoms with Crippen molar-refractivity contribution in [3.05, 3.63) is 24.3 Å². The van der Waals surface area contributed by atoms with Gasteiger partial charge in [-0.15, -0.1) is 11.8 Å². The minimum Gasteiger partial charge on any atom is -0.497 e. The molecule has 0 unspecified atom stereocenters. The molecule has 3 aromatic rings. The van der Waals surface area contributed by atoms with Crippen molar-refractivity contribution in [1.29, 1.82) is 0 Å². The third-order valence-corrected chi connectivity index (χ3v) is 4.56. The lowest BCUT2D eigenvalue weighted by Crippen LogP contribution is -2.33. The largest absolute Gasteiger partial charge is 0.497 e. The molecule has 148 valence electrons. The van der Waals surface area contributed by atoms with E-state index in [9.17, 15) is 4.79 Å². The highest BCUT2D eigenvalue weighted by Gasteiger charge is 2.23. The third kappa shape index (κ3) is 4.11. The summed E-state index contributed by atoms with van der Waals surface area (Å²) in [6, 6.07) is 7.35. The first-order valence-corrected chi connectivity index (χ1v) is 9.83. The monoisotopic (exact) mass is 402 g/mol. The lowest BCUT2D eigenvalue weighted by atomic mass is 10.2. The van der Waals surface area contributed by atoms with Gasteiger partial charge in [-0.05, 0) is 44.4 Å². The Kier molecular flexibility index (Phi) is 5.88. The Morgan fingerprint density at radius 2 is 2.07 bits per heavy atom. The van der Waals surface area contributed by atoms with Gasteiger partial charge in [0.15, 0.2) is 0 Å². The number of hydrogen-bond acceptors (Lipinski definition) is 8. The normalized spacial score (nSPS) is 11.0. The fraction of sp³-hybridized carbons (Fsp3) is 0.333. The van der Waals surface area contributed by atoms with E-state index < -0.39 is 0 Å². The first-order valence-electron chi connectivity index (χ1n) is 8.61. The van der Waals surface area contributed by atoms with Crippen molar-refractivity contribution in [2.75, 3.05) is 19.1 Å². The van der Waals surface area contributed by atoms with E-state index in [0.717, 1.165) is 11.3 Å². The standard InChI is InChI=1S/C18H22N6O3S/c1-10(2)20-13(25)9-24-15(19)14(18(22-24)28-4)17-21-16(23-27-17)11-5-7-12(26-3)8-6-11/h5-8,10H,9,19H2,1-4H3,(H,20,25). The van der Waals surface area contributed by atoms with Gasteiger partial charge in [-0.2, -0.15) is 10.1 Å². The summed E-state index contributed by atoms with van der Waals surface area (Å²) in [7, 11) is 1.60. The van der Waals surface area contributed by atoms with Crippen LogP contribution in [0.5, 0.6) is 5.75 Å². The average molecular weight is 402 g/mol. The molecule has 2 heterocycles. The number of nitrogens with two attached hydrogens (primary N) is 1. The molecule has 3 N–H and O–H groups in total. The number of benzene rings is 1. The topological polar surface area (TPSA) is 121 Å². The Balaban J connectivity index is 1.90. The number of amides is 1. The maximum absolute atomic E-state index is 12.1. The summed E-state index contributed by atoms with van der Waals surface area (Å²) in [6.45, 7) is 3.79. The number of methoxy groups -OCH3 is 1. The van der Waals surface area contributed by atoms with Gasteiger partial charge < -0.3 is 20.3 Å². The SMILES string of the molecule is COc1ccc(-c2noc(-c3c(SC)nn(CC(=O)NC(C)C)c3N)n2)cc1. The zero-order valence-electron chi connectivity index (χ0n) is 16.1. The van der Waals surface area contributed by atoms with Crippen LogP contribution in [0.3, 0.4) is 0 Å². The number of anilines is 1. The molecule has 0 radical (unpaired) electrons. The van der Waals surface area contributed by atoms with Crippen molar-refractivity contribution in [3.63, 3.8) is 0 Å². The Labute approximate surface area is 166 Å². The van der Waals surface area contributed by atoms with Gasteiger partial charge in [-0.25, -0.2) is 4.68 Å². The molecular weight excluding hydrogens is 380 g/mol. The molecule has 0 fully saturated rings. The van der Waals surface area contributed by atoms with Gasteiger partial charge in [0.05, 0.1) is 7.11 Å². The predicted molar refractivity (Wildman–Crippen MR) is 107 cm³/mol. The van der Waals surface area contributed by atoms with E-state index in [1.54, 1.807) is 7.11 Å². The second-order valence-electron chi connectivity index (χ2n) is 6.30.